The van der Waals surface area contributed by atoms with Gasteiger partial charge in [-0.1, -0.05) is 11.1 Å². The third-order valence-electron chi connectivity index (χ3n) is 4.05. The minimum atomic E-state index is 0.278. The first-order chi connectivity index (χ1) is 6.83. The second-order valence-corrected chi connectivity index (χ2v) is 4.96. The number of nitrogens with one attached hydrogen (secondary N) is 1. The summed E-state index contributed by atoms with van der Waals surface area (Å²) < 4.78 is 0. The molecule has 0 aromatic carbocycles. The second kappa shape index (κ2) is 3.11. The lowest BCUT2D eigenvalue weighted by Gasteiger charge is -2.32. The maximum Gasteiger partial charge on any atom is 0.220 e. The molecule has 0 aromatic heterocycles. The minimum absolute atomic E-state index is 0.278. The average Bonchev–Trinajstić information content (AvgIpc) is 2.53. The molecule has 1 fully saturated rings. The van der Waals surface area contributed by atoms with Crippen LogP contribution in [0.15, 0.2) is 11.1 Å². The van der Waals surface area contributed by atoms with E-state index in [1.165, 1.54) is 32.1 Å². The molecule has 0 bridgehead atoms. The number of fused-ring (bicyclic) bond motifs is 1. The second-order valence-electron chi connectivity index (χ2n) is 4.96. The van der Waals surface area contributed by atoms with Gasteiger partial charge < -0.3 is 5.32 Å². The van der Waals surface area contributed by atoms with Gasteiger partial charge >= 0.3 is 0 Å². The standard InChI is InChI=1S/C12H17NO/c14-12-7-10-5-8-3-1-2-4-9(8)6-11(10)13-12/h10-11H,1-7H2,(H,13,14)/t10-,11-/m0/s1. The van der Waals surface area contributed by atoms with E-state index in [0.29, 0.717) is 12.0 Å². The highest BCUT2D eigenvalue weighted by Crippen LogP contribution is 2.41. The van der Waals surface area contributed by atoms with Gasteiger partial charge in [-0.25, -0.2) is 0 Å². The van der Waals surface area contributed by atoms with Crippen LogP contribution in [0.3, 0.4) is 0 Å². The van der Waals surface area contributed by atoms with Crippen LogP contribution in [0, 0.1) is 5.92 Å². The molecular formula is C12H17NO. The van der Waals surface area contributed by atoms with Crippen LogP contribution in [-0.4, -0.2) is 11.9 Å². The fourth-order valence-corrected chi connectivity index (χ4v) is 3.30. The highest BCUT2D eigenvalue weighted by Gasteiger charge is 2.37. The van der Waals surface area contributed by atoms with Crippen molar-refractivity contribution in [2.24, 2.45) is 5.92 Å². The van der Waals surface area contributed by atoms with E-state index in [0.717, 1.165) is 12.8 Å². The largest absolute Gasteiger partial charge is 0.353 e. The van der Waals surface area contributed by atoms with Crippen molar-refractivity contribution in [3.8, 4) is 0 Å². The molecule has 1 amide bonds. The number of rotatable bonds is 0. The van der Waals surface area contributed by atoms with Gasteiger partial charge in [-0.2, -0.15) is 0 Å². The van der Waals surface area contributed by atoms with Crippen LogP contribution in [0.2, 0.25) is 0 Å². The molecular weight excluding hydrogens is 174 g/mol. The van der Waals surface area contributed by atoms with Gasteiger partial charge in [0.2, 0.25) is 5.91 Å². The van der Waals surface area contributed by atoms with Crippen molar-refractivity contribution < 1.29 is 4.79 Å². The molecule has 1 aliphatic heterocycles. The van der Waals surface area contributed by atoms with Crippen molar-refractivity contribution in [2.45, 2.75) is 51.0 Å². The predicted octanol–water partition coefficient (Wildman–Crippen LogP) is 2.16. The summed E-state index contributed by atoms with van der Waals surface area (Å²) in [6.07, 6.45) is 8.49. The summed E-state index contributed by atoms with van der Waals surface area (Å²) in [6.45, 7) is 0. The normalized spacial score (nSPS) is 36.4. The van der Waals surface area contributed by atoms with Crippen LogP contribution >= 0.6 is 0 Å². The lowest BCUT2D eigenvalue weighted by atomic mass is 9.75. The Morgan fingerprint density at radius 3 is 2.50 bits per heavy atom. The van der Waals surface area contributed by atoms with Crippen molar-refractivity contribution in [2.75, 3.05) is 0 Å². The molecule has 1 saturated heterocycles. The minimum Gasteiger partial charge on any atom is -0.353 e. The molecule has 0 aromatic rings. The van der Waals surface area contributed by atoms with Gasteiger partial charge in [-0.3, -0.25) is 4.79 Å². The monoisotopic (exact) mass is 191 g/mol. The first-order valence-electron chi connectivity index (χ1n) is 5.82. The Hall–Kier alpha value is -0.790. The summed E-state index contributed by atoms with van der Waals surface area (Å²) in [7, 11) is 0. The summed E-state index contributed by atoms with van der Waals surface area (Å²) >= 11 is 0. The highest BCUT2D eigenvalue weighted by atomic mass is 16.2. The van der Waals surface area contributed by atoms with Gasteiger partial charge in [0.1, 0.15) is 0 Å². The Kier molecular flexibility index (Phi) is 1.89. The van der Waals surface area contributed by atoms with Gasteiger partial charge in [-0.05, 0) is 44.4 Å². The van der Waals surface area contributed by atoms with Gasteiger partial charge in [-0.15, -0.1) is 0 Å². The zero-order chi connectivity index (χ0) is 9.54. The molecule has 3 rings (SSSR count). The van der Waals surface area contributed by atoms with Crippen LogP contribution in [0.4, 0.5) is 0 Å². The summed E-state index contributed by atoms with van der Waals surface area (Å²) in [6, 6.07) is 0.486. The van der Waals surface area contributed by atoms with E-state index in [-0.39, 0.29) is 5.91 Å². The van der Waals surface area contributed by atoms with Crippen LogP contribution < -0.4 is 5.32 Å². The van der Waals surface area contributed by atoms with E-state index < -0.39 is 0 Å². The molecule has 0 unspecified atom stereocenters. The molecule has 1 N–H and O–H groups in total. The first-order valence-corrected chi connectivity index (χ1v) is 5.82. The molecule has 0 saturated carbocycles. The van der Waals surface area contributed by atoms with E-state index in [2.05, 4.69) is 5.32 Å². The number of hydrogen-bond acceptors (Lipinski definition) is 1. The Labute approximate surface area is 84.8 Å². The molecule has 76 valence electrons. The summed E-state index contributed by atoms with van der Waals surface area (Å²) in [5.74, 6) is 0.902. The molecule has 2 heteroatoms. The topological polar surface area (TPSA) is 29.1 Å². The van der Waals surface area contributed by atoms with Crippen LogP contribution in [-0.2, 0) is 4.79 Å². The maximum atomic E-state index is 11.3. The smallest absolute Gasteiger partial charge is 0.220 e. The Morgan fingerprint density at radius 2 is 1.71 bits per heavy atom. The Morgan fingerprint density at radius 1 is 1.00 bits per heavy atom. The quantitative estimate of drug-likeness (QED) is 0.584. The molecule has 0 radical (unpaired) electrons. The van der Waals surface area contributed by atoms with Crippen LogP contribution in [0.5, 0.6) is 0 Å². The molecule has 2 nitrogen and oxygen atoms in total. The van der Waals surface area contributed by atoms with Crippen LogP contribution in [0.25, 0.3) is 0 Å². The van der Waals surface area contributed by atoms with Crippen molar-refractivity contribution >= 4 is 5.91 Å². The van der Waals surface area contributed by atoms with Crippen molar-refractivity contribution in [3.05, 3.63) is 11.1 Å². The average molecular weight is 191 g/mol. The molecule has 1 heterocycles. The summed E-state index contributed by atoms with van der Waals surface area (Å²) in [4.78, 5) is 11.3. The number of allylic oxidation sites excluding steroid dienone is 1. The number of carbonyl (C=O) groups is 1. The SMILES string of the molecule is O=C1C[C@@H]2CC3=C(CCCC3)C[C@@H]2N1. The molecule has 14 heavy (non-hydrogen) atoms. The lowest BCUT2D eigenvalue weighted by Crippen LogP contribution is -2.33. The first kappa shape index (κ1) is 8.51. The molecule has 2 aliphatic carbocycles. The van der Waals surface area contributed by atoms with Crippen molar-refractivity contribution in [1.82, 2.24) is 5.32 Å². The molecule has 2 atom stereocenters. The predicted molar refractivity (Wildman–Crippen MR) is 54.8 cm³/mol. The fraction of sp³-hybridized carbons (Fsp3) is 0.750. The van der Waals surface area contributed by atoms with E-state index in [1.54, 1.807) is 11.1 Å². The Bertz CT molecular complexity index is 277. The summed E-state index contributed by atoms with van der Waals surface area (Å²) in [5, 5.41) is 3.12. The fourth-order valence-electron chi connectivity index (χ4n) is 3.30. The van der Waals surface area contributed by atoms with E-state index in [4.69, 9.17) is 0 Å². The molecule has 3 aliphatic rings. The third-order valence-corrected chi connectivity index (χ3v) is 4.05. The molecule has 0 spiro atoms. The number of hydrogen-bond donors (Lipinski definition) is 1. The number of carbonyl (C=O) groups excluding carboxylic acids is 1. The Balaban J connectivity index is 1.83. The van der Waals surface area contributed by atoms with E-state index in [9.17, 15) is 4.79 Å². The van der Waals surface area contributed by atoms with Gasteiger partial charge in [0, 0.05) is 12.5 Å². The lowest BCUT2D eigenvalue weighted by molar-refractivity contribution is -0.119. The third kappa shape index (κ3) is 1.28. The number of amides is 1. The zero-order valence-corrected chi connectivity index (χ0v) is 8.51. The van der Waals surface area contributed by atoms with E-state index in [1.807, 2.05) is 0 Å². The maximum absolute atomic E-state index is 11.3. The van der Waals surface area contributed by atoms with Gasteiger partial charge in [0.15, 0.2) is 0 Å². The van der Waals surface area contributed by atoms with Gasteiger partial charge in [0.25, 0.3) is 0 Å². The zero-order valence-electron chi connectivity index (χ0n) is 8.51. The summed E-state index contributed by atoms with van der Waals surface area (Å²) in [5.41, 5.74) is 3.38. The van der Waals surface area contributed by atoms with E-state index >= 15 is 0 Å². The van der Waals surface area contributed by atoms with Crippen molar-refractivity contribution in [3.63, 3.8) is 0 Å². The van der Waals surface area contributed by atoms with Crippen molar-refractivity contribution in [1.29, 1.82) is 0 Å². The van der Waals surface area contributed by atoms with Gasteiger partial charge in [0.05, 0.1) is 0 Å². The highest BCUT2D eigenvalue weighted by molar-refractivity contribution is 5.79. The van der Waals surface area contributed by atoms with Crippen LogP contribution in [0.1, 0.15) is 44.9 Å².